The van der Waals surface area contributed by atoms with Gasteiger partial charge in [-0.3, -0.25) is 0 Å². The maximum Gasteiger partial charge on any atom is 0.148 e. The van der Waals surface area contributed by atoms with Gasteiger partial charge in [-0.25, -0.2) is 4.98 Å². The van der Waals surface area contributed by atoms with Gasteiger partial charge in [0.25, 0.3) is 0 Å². The highest BCUT2D eigenvalue weighted by Gasteiger charge is 2.01. The van der Waals surface area contributed by atoms with E-state index in [0.29, 0.717) is 6.61 Å². The Hall–Kier alpha value is -2.25. The van der Waals surface area contributed by atoms with Crippen molar-refractivity contribution in [3.63, 3.8) is 0 Å². The molecular formula is C16H19N3O. The smallest absolute Gasteiger partial charge is 0.148 e. The Bertz CT molecular complexity index is 543. The highest BCUT2D eigenvalue weighted by atomic mass is 16.5. The first-order valence-electron chi connectivity index (χ1n) is 6.71. The summed E-state index contributed by atoms with van der Waals surface area (Å²) in [4.78, 5) is 4.02. The lowest BCUT2D eigenvalue weighted by molar-refractivity contribution is 0.364. The van der Waals surface area contributed by atoms with Crippen molar-refractivity contribution >= 4 is 0 Å². The molecule has 0 fully saturated rings. The van der Waals surface area contributed by atoms with E-state index in [1.165, 1.54) is 0 Å². The summed E-state index contributed by atoms with van der Waals surface area (Å²) in [7, 11) is 0. The molecule has 0 spiro atoms. The Morgan fingerprint density at radius 3 is 3.05 bits per heavy atom. The van der Waals surface area contributed by atoms with E-state index >= 15 is 0 Å². The lowest BCUT2D eigenvalue weighted by Crippen LogP contribution is -2.17. The van der Waals surface area contributed by atoms with E-state index in [4.69, 9.17) is 11.2 Å². The highest BCUT2D eigenvalue weighted by Crippen LogP contribution is 2.17. The molecule has 20 heavy (non-hydrogen) atoms. The van der Waals surface area contributed by atoms with Crippen molar-refractivity contribution in [3.8, 4) is 18.1 Å². The van der Waals surface area contributed by atoms with Gasteiger partial charge in [0.15, 0.2) is 0 Å². The summed E-state index contributed by atoms with van der Waals surface area (Å²) >= 11 is 0. The molecule has 0 radical (unpaired) electrons. The molecule has 0 aliphatic heterocycles. The minimum atomic E-state index is 0.303. The molecule has 0 aliphatic carbocycles. The highest BCUT2D eigenvalue weighted by molar-refractivity contribution is 5.33. The van der Waals surface area contributed by atoms with Gasteiger partial charge < -0.3 is 14.6 Å². The molecule has 4 nitrogen and oxygen atoms in total. The summed E-state index contributed by atoms with van der Waals surface area (Å²) in [6, 6.07) is 7.95. The fraction of sp³-hybridized carbons (Fsp3) is 0.312. The number of hydrogen-bond acceptors (Lipinski definition) is 3. The number of para-hydroxylation sites is 1. The molecule has 0 saturated carbocycles. The van der Waals surface area contributed by atoms with Gasteiger partial charge in [0, 0.05) is 31.0 Å². The summed E-state index contributed by atoms with van der Waals surface area (Å²) < 4.78 is 7.59. The quantitative estimate of drug-likeness (QED) is 0.589. The van der Waals surface area contributed by atoms with E-state index in [2.05, 4.69) is 26.9 Å². The molecule has 1 N–H and O–H groups in total. The number of terminal acetylenes is 1. The normalized spacial score (nSPS) is 10.2. The zero-order valence-electron chi connectivity index (χ0n) is 11.5. The molecular weight excluding hydrogens is 250 g/mol. The topological polar surface area (TPSA) is 39.1 Å². The second-order valence-corrected chi connectivity index (χ2v) is 4.43. The average Bonchev–Trinajstić information content (AvgIpc) is 2.99. The minimum absolute atomic E-state index is 0.303. The van der Waals surface area contributed by atoms with Gasteiger partial charge in [-0.2, -0.15) is 0 Å². The van der Waals surface area contributed by atoms with Crippen LogP contribution in [0.5, 0.6) is 5.75 Å². The van der Waals surface area contributed by atoms with Crippen molar-refractivity contribution < 1.29 is 4.74 Å². The summed E-state index contributed by atoms with van der Waals surface area (Å²) in [5.74, 6) is 3.34. The van der Waals surface area contributed by atoms with Crippen molar-refractivity contribution in [2.45, 2.75) is 19.5 Å². The number of rotatable bonds is 8. The number of aromatic nitrogens is 2. The first-order chi connectivity index (χ1) is 9.90. The summed E-state index contributed by atoms with van der Waals surface area (Å²) in [5, 5.41) is 3.42. The first kappa shape index (κ1) is 14.2. The summed E-state index contributed by atoms with van der Waals surface area (Å²) in [6.45, 7) is 3.01. The first-order valence-corrected chi connectivity index (χ1v) is 6.71. The molecule has 0 aliphatic rings. The number of hydrogen-bond donors (Lipinski definition) is 1. The van der Waals surface area contributed by atoms with Crippen LogP contribution in [-0.2, 0) is 13.1 Å². The van der Waals surface area contributed by atoms with Crippen molar-refractivity contribution in [2.24, 2.45) is 0 Å². The number of nitrogens with one attached hydrogen (secondary N) is 1. The average molecular weight is 269 g/mol. The third-order valence-electron chi connectivity index (χ3n) is 2.93. The number of nitrogens with zero attached hydrogens (tertiary/aromatic N) is 2. The van der Waals surface area contributed by atoms with Gasteiger partial charge in [0.2, 0.25) is 0 Å². The lowest BCUT2D eigenvalue weighted by atomic mass is 10.2. The van der Waals surface area contributed by atoms with Crippen molar-refractivity contribution in [1.82, 2.24) is 14.9 Å². The molecule has 0 saturated heterocycles. The predicted molar refractivity (Wildman–Crippen MR) is 79.3 cm³/mol. The van der Waals surface area contributed by atoms with Gasteiger partial charge in [-0.15, -0.1) is 6.42 Å². The third kappa shape index (κ3) is 4.45. The van der Waals surface area contributed by atoms with E-state index in [9.17, 15) is 0 Å². The SMILES string of the molecule is C#CCOc1ccccc1CNCCCn1ccnc1. The van der Waals surface area contributed by atoms with Crippen LogP contribution in [0.4, 0.5) is 0 Å². The van der Waals surface area contributed by atoms with Crippen molar-refractivity contribution in [2.75, 3.05) is 13.2 Å². The fourth-order valence-corrected chi connectivity index (χ4v) is 1.94. The molecule has 0 atom stereocenters. The third-order valence-corrected chi connectivity index (χ3v) is 2.93. The van der Waals surface area contributed by atoms with Crippen LogP contribution in [0.2, 0.25) is 0 Å². The Labute approximate surface area is 119 Å². The van der Waals surface area contributed by atoms with Crippen LogP contribution in [0.25, 0.3) is 0 Å². The second kappa shape index (κ2) is 8.03. The Morgan fingerprint density at radius 1 is 1.35 bits per heavy atom. The van der Waals surface area contributed by atoms with Gasteiger partial charge in [0.05, 0.1) is 6.33 Å². The van der Waals surface area contributed by atoms with Crippen LogP contribution in [0.1, 0.15) is 12.0 Å². The molecule has 1 aromatic carbocycles. The van der Waals surface area contributed by atoms with Crippen LogP contribution in [0.15, 0.2) is 43.0 Å². The van der Waals surface area contributed by atoms with E-state index in [0.717, 1.165) is 37.4 Å². The molecule has 1 heterocycles. The molecule has 0 unspecified atom stereocenters. The summed E-state index contributed by atoms with van der Waals surface area (Å²) in [5.41, 5.74) is 1.13. The Kier molecular flexibility index (Phi) is 5.69. The zero-order valence-corrected chi connectivity index (χ0v) is 11.5. The van der Waals surface area contributed by atoms with Gasteiger partial charge in [-0.1, -0.05) is 24.1 Å². The van der Waals surface area contributed by atoms with E-state index < -0.39 is 0 Å². The van der Waals surface area contributed by atoms with Crippen LogP contribution >= 0.6 is 0 Å². The molecule has 0 amide bonds. The fourth-order valence-electron chi connectivity index (χ4n) is 1.94. The number of imidazole rings is 1. The Morgan fingerprint density at radius 2 is 2.25 bits per heavy atom. The van der Waals surface area contributed by atoms with Crippen molar-refractivity contribution in [3.05, 3.63) is 48.5 Å². The minimum Gasteiger partial charge on any atom is -0.481 e. The van der Waals surface area contributed by atoms with Gasteiger partial charge in [0.1, 0.15) is 12.4 Å². The predicted octanol–water partition coefficient (Wildman–Crippen LogP) is 2.08. The van der Waals surface area contributed by atoms with Crippen LogP contribution in [0.3, 0.4) is 0 Å². The monoisotopic (exact) mass is 269 g/mol. The standard InChI is InChI=1S/C16H19N3O/c1-2-12-20-16-7-4-3-6-15(16)13-17-8-5-10-19-11-9-18-14-19/h1,3-4,6-7,9,11,14,17H,5,8,10,12-13H2. The maximum atomic E-state index is 5.51. The Balaban J connectivity index is 1.72. The molecule has 0 bridgehead atoms. The zero-order chi connectivity index (χ0) is 14.0. The van der Waals surface area contributed by atoms with E-state index in [-0.39, 0.29) is 0 Å². The molecule has 2 rings (SSSR count). The van der Waals surface area contributed by atoms with Crippen LogP contribution < -0.4 is 10.1 Å². The van der Waals surface area contributed by atoms with Gasteiger partial charge >= 0.3 is 0 Å². The maximum absolute atomic E-state index is 5.51. The number of ether oxygens (including phenoxy) is 1. The number of benzene rings is 1. The number of aryl methyl sites for hydroxylation is 1. The molecule has 104 valence electrons. The molecule has 2 aromatic rings. The van der Waals surface area contributed by atoms with E-state index in [1.807, 2.05) is 30.7 Å². The van der Waals surface area contributed by atoms with Crippen LogP contribution in [-0.4, -0.2) is 22.7 Å². The van der Waals surface area contributed by atoms with Gasteiger partial charge in [-0.05, 0) is 19.0 Å². The molecule has 1 aromatic heterocycles. The van der Waals surface area contributed by atoms with Crippen molar-refractivity contribution in [1.29, 1.82) is 0 Å². The molecule has 4 heteroatoms. The second-order valence-electron chi connectivity index (χ2n) is 4.43. The largest absolute Gasteiger partial charge is 0.481 e. The van der Waals surface area contributed by atoms with E-state index in [1.54, 1.807) is 6.20 Å². The summed E-state index contributed by atoms with van der Waals surface area (Å²) in [6.07, 6.45) is 11.9. The lowest BCUT2D eigenvalue weighted by Gasteiger charge is -2.10. The van der Waals surface area contributed by atoms with Crippen LogP contribution in [0, 0.1) is 12.3 Å².